The number of ether oxygens (including phenoxy) is 1. The number of thioether (sulfide) groups is 1. The van der Waals surface area contributed by atoms with E-state index in [1.165, 1.54) is 12.2 Å². The Morgan fingerprint density at radius 1 is 1.53 bits per heavy atom. The fourth-order valence-corrected chi connectivity index (χ4v) is 3.92. The van der Waals surface area contributed by atoms with E-state index in [2.05, 4.69) is 15.6 Å². The SMILES string of the molecule is COc1cccc2c1[nH]c(=S)n2C1CCSC1. The summed E-state index contributed by atoms with van der Waals surface area (Å²) in [5.41, 5.74) is 2.17. The molecule has 0 amide bonds. The number of imidazole rings is 1. The van der Waals surface area contributed by atoms with E-state index in [4.69, 9.17) is 17.0 Å². The molecule has 1 aliphatic rings. The van der Waals surface area contributed by atoms with Crippen LogP contribution in [0.3, 0.4) is 0 Å². The number of aromatic nitrogens is 2. The number of rotatable bonds is 2. The number of hydrogen-bond acceptors (Lipinski definition) is 3. The smallest absolute Gasteiger partial charge is 0.178 e. The summed E-state index contributed by atoms with van der Waals surface area (Å²) in [6.07, 6.45) is 1.20. The van der Waals surface area contributed by atoms with Crippen LogP contribution in [0.25, 0.3) is 11.0 Å². The zero-order valence-electron chi connectivity index (χ0n) is 9.60. The second kappa shape index (κ2) is 4.38. The van der Waals surface area contributed by atoms with Crippen molar-refractivity contribution in [3.05, 3.63) is 23.0 Å². The summed E-state index contributed by atoms with van der Waals surface area (Å²) in [5, 5.41) is 0. The van der Waals surface area contributed by atoms with Gasteiger partial charge in [-0.2, -0.15) is 11.8 Å². The molecule has 1 fully saturated rings. The van der Waals surface area contributed by atoms with Crippen molar-refractivity contribution in [2.45, 2.75) is 12.5 Å². The first-order valence-corrected chi connectivity index (χ1v) is 7.22. The Morgan fingerprint density at radius 3 is 3.12 bits per heavy atom. The number of hydrogen-bond donors (Lipinski definition) is 1. The number of nitrogens with one attached hydrogen (secondary N) is 1. The van der Waals surface area contributed by atoms with Gasteiger partial charge in [0, 0.05) is 11.8 Å². The van der Waals surface area contributed by atoms with Gasteiger partial charge in [0.2, 0.25) is 0 Å². The lowest BCUT2D eigenvalue weighted by Crippen LogP contribution is -2.07. The molecule has 1 aliphatic heterocycles. The van der Waals surface area contributed by atoms with Gasteiger partial charge in [-0.15, -0.1) is 0 Å². The third-order valence-electron chi connectivity index (χ3n) is 3.21. The normalized spacial score (nSPS) is 19.9. The van der Waals surface area contributed by atoms with Gasteiger partial charge in [0.1, 0.15) is 11.3 Å². The number of benzene rings is 1. The number of H-pyrrole nitrogens is 1. The summed E-state index contributed by atoms with van der Waals surface area (Å²) < 4.78 is 8.41. The molecule has 17 heavy (non-hydrogen) atoms. The maximum absolute atomic E-state index is 5.44. The Bertz CT molecular complexity index is 596. The Balaban J connectivity index is 2.24. The second-order valence-electron chi connectivity index (χ2n) is 4.17. The minimum absolute atomic E-state index is 0.522. The van der Waals surface area contributed by atoms with Gasteiger partial charge >= 0.3 is 0 Å². The lowest BCUT2D eigenvalue weighted by atomic mass is 10.2. The Kier molecular flexibility index (Phi) is 2.88. The highest BCUT2D eigenvalue weighted by atomic mass is 32.2. The van der Waals surface area contributed by atoms with Gasteiger partial charge < -0.3 is 14.3 Å². The Morgan fingerprint density at radius 2 is 2.41 bits per heavy atom. The van der Waals surface area contributed by atoms with Crippen molar-refractivity contribution < 1.29 is 4.74 Å². The molecule has 1 saturated heterocycles. The molecule has 0 saturated carbocycles. The van der Waals surface area contributed by atoms with Crippen molar-refractivity contribution in [1.82, 2.24) is 9.55 Å². The molecule has 0 bridgehead atoms. The lowest BCUT2D eigenvalue weighted by molar-refractivity contribution is 0.419. The summed E-state index contributed by atoms with van der Waals surface area (Å²) in [5.74, 6) is 3.24. The molecular formula is C12H14N2OS2. The van der Waals surface area contributed by atoms with Gasteiger partial charge in [-0.25, -0.2) is 0 Å². The Hall–Kier alpha value is -0.940. The second-order valence-corrected chi connectivity index (χ2v) is 5.71. The van der Waals surface area contributed by atoms with Gasteiger partial charge in [0.15, 0.2) is 4.77 Å². The number of fused-ring (bicyclic) bond motifs is 1. The molecule has 3 rings (SSSR count). The van der Waals surface area contributed by atoms with Gasteiger partial charge in [-0.3, -0.25) is 0 Å². The van der Waals surface area contributed by atoms with Crippen molar-refractivity contribution >= 4 is 35.0 Å². The van der Waals surface area contributed by atoms with E-state index in [0.29, 0.717) is 6.04 Å². The number of methoxy groups -OCH3 is 1. The van der Waals surface area contributed by atoms with Gasteiger partial charge in [0.05, 0.1) is 12.6 Å². The van der Waals surface area contributed by atoms with E-state index >= 15 is 0 Å². The van der Waals surface area contributed by atoms with Crippen molar-refractivity contribution in [2.24, 2.45) is 0 Å². The van der Waals surface area contributed by atoms with E-state index in [-0.39, 0.29) is 0 Å². The summed E-state index contributed by atoms with van der Waals surface area (Å²) in [7, 11) is 1.69. The van der Waals surface area contributed by atoms with Crippen LogP contribution < -0.4 is 4.74 Å². The topological polar surface area (TPSA) is 29.9 Å². The molecular weight excluding hydrogens is 252 g/mol. The highest BCUT2D eigenvalue weighted by Crippen LogP contribution is 2.33. The maximum atomic E-state index is 5.44. The van der Waals surface area contributed by atoms with Crippen LogP contribution in [0.4, 0.5) is 0 Å². The minimum Gasteiger partial charge on any atom is -0.494 e. The zero-order chi connectivity index (χ0) is 11.8. The number of nitrogens with zero attached hydrogens (tertiary/aromatic N) is 1. The third kappa shape index (κ3) is 1.77. The van der Waals surface area contributed by atoms with E-state index in [0.717, 1.165) is 27.3 Å². The summed E-state index contributed by atoms with van der Waals surface area (Å²) in [4.78, 5) is 3.27. The minimum atomic E-state index is 0.522. The van der Waals surface area contributed by atoms with E-state index in [1.54, 1.807) is 7.11 Å². The molecule has 90 valence electrons. The van der Waals surface area contributed by atoms with E-state index in [9.17, 15) is 0 Å². The fraction of sp³-hybridized carbons (Fsp3) is 0.417. The molecule has 1 unspecified atom stereocenters. The van der Waals surface area contributed by atoms with Gasteiger partial charge in [0.25, 0.3) is 0 Å². The van der Waals surface area contributed by atoms with Crippen LogP contribution in [0.1, 0.15) is 12.5 Å². The quantitative estimate of drug-likeness (QED) is 0.845. The van der Waals surface area contributed by atoms with E-state index < -0.39 is 0 Å². The Labute approximate surface area is 109 Å². The van der Waals surface area contributed by atoms with Gasteiger partial charge in [-0.05, 0) is 36.5 Å². The van der Waals surface area contributed by atoms with Crippen LogP contribution in [-0.2, 0) is 0 Å². The molecule has 5 heteroatoms. The lowest BCUT2D eigenvalue weighted by Gasteiger charge is -2.11. The van der Waals surface area contributed by atoms with Crippen molar-refractivity contribution in [3.8, 4) is 5.75 Å². The van der Waals surface area contributed by atoms with Crippen molar-refractivity contribution in [2.75, 3.05) is 18.6 Å². The predicted octanol–water partition coefficient (Wildman–Crippen LogP) is 3.39. The molecule has 1 aromatic carbocycles. The summed E-state index contributed by atoms with van der Waals surface area (Å²) in [6, 6.07) is 6.60. The largest absolute Gasteiger partial charge is 0.494 e. The van der Waals surface area contributed by atoms with Crippen molar-refractivity contribution in [3.63, 3.8) is 0 Å². The van der Waals surface area contributed by atoms with E-state index in [1.807, 2.05) is 23.9 Å². The first kappa shape index (κ1) is 11.2. The maximum Gasteiger partial charge on any atom is 0.178 e. The number of para-hydroxylation sites is 1. The zero-order valence-corrected chi connectivity index (χ0v) is 11.2. The highest BCUT2D eigenvalue weighted by molar-refractivity contribution is 7.99. The molecule has 0 radical (unpaired) electrons. The van der Waals surface area contributed by atoms with Crippen LogP contribution in [0, 0.1) is 4.77 Å². The molecule has 2 heterocycles. The predicted molar refractivity (Wildman–Crippen MR) is 74.7 cm³/mol. The standard InChI is InChI=1S/C12H14N2OS2/c1-15-10-4-2-3-9-11(10)13-12(16)14(9)8-5-6-17-7-8/h2-4,8H,5-7H2,1H3,(H,13,16). The molecule has 2 aromatic rings. The third-order valence-corrected chi connectivity index (χ3v) is 4.65. The summed E-state index contributed by atoms with van der Waals surface area (Å²) in [6.45, 7) is 0. The van der Waals surface area contributed by atoms with Crippen LogP contribution in [0.2, 0.25) is 0 Å². The monoisotopic (exact) mass is 266 g/mol. The molecule has 3 nitrogen and oxygen atoms in total. The molecule has 1 N–H and O–H groups in total. The van der Waals surface area contributed by atoms with Crippen LogP contribution in [-0.4, -0.2) is 28.2 Å². The average Bonchev–Trinajstić information content (AvgIpc) is 2.93. The molecule has 1 aromatic heterocycles. The summed E-state index contributed by atoms with van der Waals surface area (Å²) >= 11 is 7.44. The van der Waals surface area contributed by atoms with Gasteiger partial charge in [-0.1, -0.05) is 6.07 Å². The average molecular weight is 266 g/mol. The molecule has 0 spiro atoms. The van der Waals surface area contributed by atoms with Crippen molar-refractivity contribution in [1.29, 1.82) is 0 Å². The molecule has 0 aliphatic carbocycles. The first-order chi connectivity index (χ1) is 8.31. The highest BCUT2D eigenvalue weighted by Gasteiger charge is 2.21. The molecule has 1 atom stereocenters. The van der Waals surface area contributed by atoms with Crippen LogP contribution in [0.15, 0.2) is 18.2 Å². The fourth-order valence-electron chi connectivity index (χ4n) is 2.38. The van der Waals surface area contributed by atoms with Crippen LogP contribution in [0.5, 0.6) is 5.75 Å². The first-order valence-electron chi connectivity index (χ1n) is 5.66. The van der Waals surface area contributed by atoms with Crippen LogP contribution >= 0.6 is 24.0 Å². The number of aromatic amines is 1.